The quantitative estimate of drug-likeness (QED) is 0.0908. The number of nitrogens with zero attached hydrogens (tertiary/aromatic N) is 5. The molecule has 8 heteroatoms. The molecular weight excluding hydrogens is 707 g/mol. The van der Waals surface area contributed by atoms with Crippen molar-refractivity contribution < 1.29 is 14.3 Å². The number of carbonyl (C=O) groups is 1. The fraction of sp³-hybridized carbons (Fsp3) is 0.122. The van der Waals surface area contributed by atoms with E-state index in [1.54, 1.807) is 23.9 Å². The van der Waals surface area contributed by atoms with E-state index in [2.05, 4.69) is 66.7 Å². The minimum absolute atomic E-state index is 0.327. The van der Waals surface area contributed by atoms with Crippen LogP contribution in [0.1, 0.15) is 50.9 Å². The molecule has 0 radical (unpaired) electrons. The fourth-order valence-corrected chi connectivity index (χ4v) is 7.47. The minimum Gasteiger partial charge on any atom is -0.488 e. The molecule has 8 aromatic rings. The zero-order chi connectivity index (χ0) is 39.2. The van der Waals surface area contributed by atoms with Crippen LogP contribution in [0.4, 0.5) is 0 Å². The second-order valence-corrected chi connectivity index (χ2v) is 13.8. The molecule has 8 nitrogen and oxygen atoms in total. The monoisotopic (exact) mass is 747 g/mol. The normalized spacial score (nSPS) is 11.3. The van der Waals surface area contributed by atoms with E-state index >= 15 is 0 Å². The van der Waals surface area contributed by atoms with Crippen molar-refractivity contribution in [1.29, 1.82) is 0 Å². The predicted molar refractivity (Wildman–Crippen MR) is 223 cm³/mol. The van der Waals surface area contributed by atoms with Gasteiger partial charge in [0, 0.05) is 28.6 Å². The number of pyridine rings is 1. The van der Waals surface area contributed by atoms with Crippen molar-refractivity contribution >= 4 is 5.97 Å². The van der Waals surface area contributed by atoms with Crippen molar-refractivity contribution in [2.75, 3.05) is 6.61 Å². The van der Waals surface area contributed by atoms with Gasteiger partial charge in [0.25, 0.3) is 0 Å². The smallest absolute Gasteiger partial charge is 0.338 e. The lowest BCUT2D eigenvalue weighted by molar-refractivity contribution is 0.0526. The molecule has 0 aliphatic heterocycles. The van der Waals surface area contributed by atoms with Crippen LogP contribution in [-0.4, -0.2) is 37.8 Å². The first-order chi connectivity index (χ1) is 27.9. The number of ether oxygens (including phenoxy) is 2. The average Bonchev–Trinajstić information content (AvgIpc) is 3.75. The van der Waals surface area contributed by atoms with Gasteiger partial charge < -0.3 is 9.47 Å². The molecule has 0 saturated carbocycles. The van der Waals surface area contributed by atoms with E-state index in [4.69, 9.17) is 29.9 Å². The highest BCUT2D eigenvalue weighted by Gasteiger charge is 2.41. The highest BCUT2D eigenvalue weighted by Crippen LogP contribution is 2.41. The number of benzene rings is 6. The van der Waals surface area contributed by atoms with Gasteiger partial charge in [0.05, 0.1) is 12.2 Å². The maximum Gasteiger partial charge on any atom is 0.338 e. The average molecular weight is 748 g/mol. The van der Waals surface area contributed by atoms with E-state index in [0.29, 0.717) is 24.6 Å². The Morgan fingerprint density at radius 3 is 1.77 bits per heavy atom. The lowest BCUT2D eigenvalue weighted by atomic mass is 9.77. The highest BCUT2D eigenvalue weighted by molar-refractivity contribution is 5.90. The van der Waals surface area contributed by atoms with Crippen LogP contribution >= 0.6 is 0 Å². The fourth-order valence-electron chi connectivity index (χ4n) is 7.47. The Bertz CT molecular complexity index is 2510. The van der Waals surface area contributed by atoms with Gasteiger partial charge >= 0.3 is 5.97 Å². The lowest BCUT2D eigenvalue weighted by Gasteiger charge is -2.34. The second kappa shape index (κ2) is 16.3. The predicted octanol–water partition coefficient (Wildman–Crippen LogP) is 10.3. The van der Waals surface area contributed by atoms with Crippen LogP contribution in [0.15, 0.2) is 170 Å². The van der Waals surface area contributed by atoms with Crippen LogP contribution in [0.2, 0.25) is 0 Å². The van der Waals surface area contributed by atoms with Crippen molar-refractivity contribution in [1.82, 2.24) is 25.2 Å². The minimum atomic E-state index is -0.872. The summed E-state index contributed by atoms with van der Waals surface area (Å²) in [5.41, 5.74) is 10.1. The Morgan fingerprint density at radius 2 is 1.19 bits per heavy atom. The molecule has 2 aromatic heterocycles. The Kier molecular flexibility index (Phi) is 10.5. The number of rotatable bonds is 12. The van der Waals surface area contributed by atoms with Crippen molar-refractivity contribution in [2.24, 2.45) is 0 Å². The van der Waals surface area contributed by atoms with Crippen LogP contribution < -0.4 is 4.74 Å². The van der Waals surface area contributed by atoms with Crippen LogP contribution in [0.3, 0.4) is 0 Å². The van der Waals surface area contributed by atoms with Gasteiger partial charge in [-0.05, 0) is 77.1 Å². The lowest BCUT2D eigenvalue weighted by Crippen LogP contribution is -2.39. The van der Waals surface area contributed by atoms with Crippen LogP contribution in [0.5, 0.6) is 5.75 Å². The third-order valence-electron chi connectivity index (χ3n) is 10.1. The van der Waals surface area contributed by atoms with E-state index in [-0.39, 0.29) is 5.97 Å². The van der Waals surface area contributed by atoms with Gasteiger partial charge in [-0.25, -0.2) is 4.79 Å². The first kappa shape index (κ1) is 36.8. The van der Waals surface area contributed by atoms with Crippen LogP contribution in [0.25, 0.3) is 33.6 Å². The van der Waals surface area contributed by atoms with E-state index < -0.39 is 5.54 Å². The van der Waals surface area contributed by atoms with Gasteiger partial charge in [-0.1, -0.05) is 152 Å². The van der Waals surface area contributed by atoms with Gasteiger partial charge in [-0.3, -0.25) is 4.98 Å². The second-order valence-electron chi connectivity index (χ2n) is 13.8. The summed E-state index contributed by atoms with van der Waals surface area (Å²) in [4.78, 5) is 18.7. The van der Waals surface area contributed by atoms with Crippen molar-refractivity contribution in [3.05, 3.63) is 209 Å². The molecule has 0 aliphatic carbocycles. The molecule has 0 aliphatic rings. The number of hydrogen-bond donors (Lipinski definition) is 0. The third-order valence-corrected chi connectivity index (χ3v) is 10.1. The molecule has 0 N–H and O–H groups in total. The van der Waals surface area contributed by atoms with Gasteiger partial charge in [0.15, 0.2) is 5.54 Å². The van der Waals surface area contributed by atoms with Gasteiger partial charge in [-0.2, -0.15) is 0 Å². The number of aromatic nitrogens is 5. The van der Waals surface area contributed by atoms with Gasteiger partial charge in [-0.15, -0.1) is 15.0 Å². The maximum absolute atomic E-state index is 12.3. The van der Waals surface area contributed by atoms with Gasteiger partial charge in [0.2, 0.25) is 5.82 Å². The largest absolute Gasteiger partial charge is 0.488 e. The zero-order valence-electron chi connectivity index (χ0n) is 32.0. The Hall–Kier alpha value is -7.19. The number of carbonyl (C=O) groups excluding carboxylic acids is 1. The van der Waals surface area contributed by atoms with Crippen molar-refractivity contribution in [3.8, 4) is 39.4 Å². The molecule has 0 amide bonds. The number of tetrazole rings is 1. The van der Waals surface area contributed by atoms with Crippen LogP contribution in [0, 0.1) is 13.8 Å². The Balaban J connectivity index is 1.09. The van der Waals surface area contributed by atoms with E-state index in [9.17, 15) is 4.79 Å². The molecule has 0 fully saturated rings. The molecule has 0 bridgehead atoms. The molecule has 280 valence electrons. The summed E-state index contributed by atoms with van der Waals surface area (Å²) in [5.74, 6) is 0.908. The topological polar surface area (TPSA) is 92.0 Å². The summed E-state index contributed by atoms with van der Waals surface area (Å²) in [6.07, 6.45) is 0. The SMILES string of the molecule is CCOC(=O)c1ccc(-c2c(OCc3ccc(-c4ccccc4-c4nnn(C(c5ccccc5)(c5ccccc5)c5ccccc5)n4)cc3)cc(C)nc2C)cc1. The van der Waals surface area contributed by atoms with Crippen molar-refractivity contribution in [2.45, 2.75) is 32.9 Å². The zero-order valence-corrected chi connectivity index (χ0v) is 32.0. The summed E-state index contributed by atoms with van der Waals surface area (Å²) in [7, 11) is 0. The summed E-state index contributed by atoms with van der Waals surface area (Å²) >= 11 is 0. The molecule has 0 spiro atoms. The maximum atomic E-state index is 12.3. The van der Waals surface area contributed by atoms with E-state index in [1.807, 2.05) is 105 Å². The first-order valence-corrected chi connectivity index (χ1v) is 19.0. The molecule has 8 rings (SSSR count). The van der Waals surface area contributed by atoms with Crippen molar-refractivity contribution in [3.63, 3.8) is 0 Å². The van der Waals surface area contributed by atoms with Crippen LogP contribution in [-0.2, 0) is 16.9 Å². The molecule has 0 saturated heterocycles. The van der Waals surface area contributed by atoms with Gasteiger partial charge in [0.1, 0.15) is 12.4 Å². The molecular formula is C49H41N5O3. The molecule has 6 aromatic carbocycles. The summed E-state index contributed by atoms with van der Waals surface area (Å²) < 4.78 is 11.6. The highest BCUT2D eigenvalue weighted by atomic mass is 16.5. The summed E-state index contributed by atoms with van der Waals surface area (Å²) in [5, 5.41) is 14.7. The molecule has 2 heterocycles. The number of hydrogen-bond acceptors (Lipinski definition) is 7. The molecule has 57 heavy (non-hydrogen) atoms. The third kappa shape index (κ3) is 7.33. The standard InChI is InChI=1S/C49H41N5O3/c1-4-56-48(55)39-30-28-38(29-31-39)46-35(3)50-34(2)32-45(46)57-33-36-24-26-37(27-25-36)43-22-14-15-23-44(43)47-51-53-54(52-47)49(40-16-8-5-9-17-40,41-18-10-6-11-19-41)42-20-12-7-13-21-42/h5-32H,4,33H2,1-3H3. The van der Waals surface area contributed by atoms with E-state index in [1.165, 1.54) is 0 Å². The molecule has 0 unspecified atom stereocenters. The first-order valence-electron chi connectivity index (χ1n) is 19.0. The summed E-state index contributed by atoms with van der Waals surface area (Å²) in [6.45, 7) is 6.41. The molecule has 0 atom stereocenters. The van der Waals surface area contributed by atoms with E-state index in [0.717, 1.165) is 67.2 Å². The number of esters is 1. The Morgan fingerprint density at radius 1 is 0.649 bits per heavy atom. The Labute approximate surface area is 332 Å². The number of aryl methyl sites for hydroxylation is 2. The summed E-state index contributed by atoms with van der Waals surface area (Å²) in [6, 6.07) is 56.8.